The maximum absolute atomic E-state index is 11.3. The van der Waals surface area contributed by atoms with E-state index in [0.29, 0.717) is 0 Å². The molecule has 0 aromatic carbocycles. The Balaban J connectivity index is 2.33. The number of ether oxygens (including phenoxy) is 1. The summed E-state index contributed by atoms with van der Waals surface area (Å²) >= 11 is 0. The molecule has 0 spiro atoms. The summed E-state index contributed by atoms with van der Waals surface area (Å²) in [6.45, 7) is 5.97. The Labute approximate surface area is 86.6 Å². The zero-order chi connectivity index (χ0) is 10.8. The summed E-state index contributed by atoms with van der Waals surface area (Å²) in [6, 6.07) is 0. The van der Waals surface area contributed by atoms with Crippen molar-refractivity contribution in [2.24, 2.45) is 5.92 Å². The molecule has 0 atom stereocenters. The highest BCUT2D eigenvalue weighted by Gasteiger charge is 2.28. The first-order chi connectivity index (χ1) is 6.41. The monoisotopic (exact) mass is 200 g/mol. The van der Waals surface area contributed by atoms with E-state index in [1.807, 2.05) is 13.8 Å². The summed E-state index contributed by atoms with van der Waals surface area (Å²) in [7, 11) is 4.45. The van der Waals surface area contributed by atoms with Crippen LogP contribution in [0.5, 0.6) is 0 Å². The van der Waals surface area contributed by atoms with E-state index in [2.05, 4.69) is 14.1 Å². The van der Waals surface area contributed by atoms with Gasteiger partial charge in [-0.15, -0.1) is 0 Å². The van der Waals surface area contributed by atoms with Crippen molar-refractivity contribution in [2.75, 3.05) is 27.2 Å². The van der Waals surface area contributed by atoms with Crippen LogP contribution in [0, 0.1) is 5.92 Å². The summed E-state index contributed by atoms with van der Waals surface area (Å²) in [5, 5.41) is 0. The summed E-state index contributed by atoms with van der Waals surface area (Å²) in [4.78, 5) is 11.3. The van der Waals surface area contributed by atoms with Crippen molar-refractivity contribution in [2.45, 2.75) is 32.8 Å². The molecular formula is C11H22NO2+. The van der Waals surface area contributed by atoms with Crippen molar-refractivity contribution in [1.29, 1.82) is 0 Å². The number of esters is 1. The van der Waals surface area contributed by atoms with Crippen LogP contribution < -0.4 is 0 Å². The van der Waals surface area contributed by atoms with Gasteiger partial charge in [-0.2, -0.15) is 0 Å². The number of rotatable bonds is 2. The lowest BCUT2D eigenvalue weighted by molar-refractivity contribution is -0.896. The molecule has 0 aromatic rings. The van der Waals surface area contributed by atoms with E-state index in [0.717, 1.165) is 30.4 Å². The molecule has 0 N–H and O–H groups in total. The smallest absolute Gasteiger partial charge is 0.308 e. The molecular weight excluding hydrogens is 178 g/mol. The lowest BCUT2D eigenvalue weighted by Gasteiger charge is -2.36. The molecule has 1 aliphatic rings. The molecule has 0 aliphatic carbocycles. The van der Waals surface area contributed by atoms with E-state index in [1.165, 1.54) is 0 Å². The summed E-state index contributed by atoms with van der Waals surface area (Å²) in [6.07, 6.45) is 2.17. The predicted octanol–water partition coefficient (Wildman–Crippen LogP) is 1.42. The number of hydrogen-bond acceptors (Lipinski definition) is 2. The summed E-state index contributed by atoms with van der Waals surface area (Å²) in [5.74, 6) is -0.0540. The van der Waals surface area contributed by atoms with Crippen LogP contribution in [0.3, 0.4) is 0 Å². The van der Waals surface area contributed by atoms with Gasteiger partial charge in [0.15, 0.2) is 0 Å². The zero-order valence-corrected chi connectivity index (χ0v) is 9.75. The summed E-state index contributed by atoms with van der Waals surface area (Å²) < 4.78 is 6.45. The molecule has 1 rings (SSSR count). The highest BCUT2D eigenvalue weighted by molar-refractivity contribution is 5.71. The van der Waals surface area contributed by atoms with E-state index in [-0.39, 0.29) is 18.0 Å². The van der Waals surface area contributed by atoms with E-state index >= 15 is 0 Å². The molecule has 1 aliphatic heterocycles. The Bertz CT molecular complexity index is 201. The van der Waals surface area contributed by atoms with E-state index < -0.39 is 0 Å². The van der Waals surface area contributed by atoms with Crippen molar-refractivity contribution in [3.8, 4) is 0 Å². The molecule has 14 heavy (non-hydrogen) atoms. The number of hydrogen-bond donors (Lipinski definition) is 0. The maximum Gasteiger partial charge on any atom is 0.308 e. The van der Waals surface area contributed by atoms with Crippen LogP contribution in [0.2, 0.25) is 0 Å². The summed E-state index contributed by atoms with van der Waals surface area (Å²) in [5.41, 5.74) is 0. The first kappa shape index (κ1) is 11.5. The van der Waals surface area contributed by atoms with E-state index in [1.54, 1.807) is 0 Å². The van der Waals surface area contributed by atoms with Gasteiger partial charge in [-0.05, 0) is 0 Å². The highest BCUT2D eigenvalue weighted by atomic mass is 16.5. The lowest BCUT2D eigenvalue weighted by atomic mass is 10.1. The minimum Gasteiger partial charge on any atom is -0.462 e. The van der Waals surface area contributed by atoms with Gasteiger partial charge in [0, 0.05) is 12.8 Å². The highest BCUT2D eigenvalue weighted by Crippen LogP contribution is 2.18. The molecule has 3 nitrogen and oxygen atoms in total. The van der Waals surface area contributed by atoms with E-state index in [9.17, 15) is 4.79 Å². The number of quaternary nitrogens is 1. The molecule has 0 aromatic heterocycles. The fraction of sp³-hybridized carbons (Fsp3) is 0.909. The van der Waals surface area contributed by atoms with Crippen LogP contribution in [-0.2, 0) is 9.53 Å². The average Bonchev–Trinajstić information content (AvgIpc) is 2.08. The number of carbonyl (C=O) groups excluding carboxylic acids is 1. The third-order valence-electron chi connectivity index (χ3n) is 2.87. The molecule has 1 fully saturated rings. The molecule has 0 radical (unpaired) electrons. The van der Waals surface area contributed by atoms with Crippen LogP contribution in [0.1, 0.15) is 26.7 Å². The van der Waals surface area contributed by atoms with Gasteiger partial charge in [0.05, 0.1) is 33.1 Å². The Morgan fingerprint density at radius 1 is 1.29 bits per heavy atom. The van der Waals surface area contributed by atoms with Crippen LogP contribution >= 0.6 is 0 Å². The second-order valence-corrected chi connectivity index (χ2v) is 5.17. The van der Waals surface area contributed by atoms with Gasteiger partial charge >= 0.3 is 5.97 Å². The average molecular weight is 200 g/mol. The fourth-order valence-electron chi connectivity index (χ4n) is 1.66. The second-order valence-electron chi connectivity index (χ2n) is 5.17. The minimum absolute atomic E-state index is 0.000531. The largest absolute Gasteiger partial charge is 0.462 e. The van der Waals surface area contributed by atoms with Crippen molar-refractivity contribution in [3.05, 3.63) is 0 Å². The molecule has 0 amide bonds. The Morgan fingerprint density at radius 2 is 1.79 bits per heavy atom. The molecule has 1 saturated heterocycles. The Kier molecular flexibility index (Phi) is 3.53. The first-order valence-corrected chi connectivity index (χ1v) is 5.43. The van der Waals surface area contributed by atoms with Crippen molar-refractivity contribution < 1.29 is 14.0 Å². The van der Waals surface area contributed by atoms with Gasteiger partial charge in [0.2, 0.25) is 0 Å². The van der Waals surface area contributed by atoms with Gasteiger partial charge in [-0.25, -0.2) is 0 Å². The van der Waals surface area contributed by atoms with Gasteiger partial charge in [-0.1, -0.05) is 13.8 Å². The molecule has 82 valence electrons. The SMILES string of the molecule is CC(C)C(=O)OC1CC[N+](C)(C)CC1. The third kappa shape index (κ3) is 3.29. The van der Waals surface area contributed by atoms with E-state index in [4.69, 9.17) is 4.74 Å². The number of piperidine rings is 1. The maximum atomic E-state index is 11.3. The molecule has 1 heterocycles. The van der Waals surface area contributed by atoms with Crippen molar-refractivity contribution in [3.63, 3.8) is 0 Å². The van der Waals surface area contributed by atoms with Crippen LogP contribution in [-0.4, -0.2) is 43.7 Å². The quantitative estimate of drug-likeness (QED) is 0.498. The normalized spacial score (nSPS) is 22.4. The van der Waals surface area contributed by atoms with Gasteiger partial charge in [0.1, 0.15) is 6.10 Å². The fourth-order valence-corrected chi connectivity index (χ4v) is 1.66. The lowest BCUT2D eigenvalue weighted by Crippen LogP contribution is -2.48. The Hall–Kier alpha value is -0.570. The van der Waals surface area contributed by atoms with Crippen molar-refractivity contribution >= 4 is 5.97 Å². The minimum atomic E-state index is -0.0535. The molecule has 3 heteroatoms. The van der Waals surface area contributed by atoms with Crippen LogP contribution in [0.25, 0.3) is 0 Å². The van der Waals surface area contributed by atoms with Crippen LogP contribution in [0.4, 0.5) is 0 Å². The molecule has 0 saturated carbocycles. The number of likely N-dealkylation sites (tertiary alicyclic amines) is 1. The first-order valence-electron chi connectivity index (χ1n) is 5.43. The molecule has 0 bridgehead atoms. The Morgan fingerprint density at radius 3 is 2.21 bits per heavy atom. The zero-order valence-electron chi connectivity index (χ0n) is 9.75. The van der Waals surface area contributed by atoms with Gasteiger partial charge in [0.25, 0.3) is 0 Å². The molecule has 0 unspecified atom stereocenters. The number of carbonyl (C=O) groups is 1. The van der Waals surface area contributed by atoms with Gasteiger partial charge < -0.3 is 9.22 Å². The number of nitrogens with zero attached hydrogens (tertiary/aromatic N) is 1. The topological polar surface area (TPSA) is 26.3 Å². The van der Waals surface area contributed by atoms with Crippen molar-refractivity contribution in [1.82, 2.24) is 0 Å². The second kappa shape index (κ2) is 4.30. The predicted molar refractivity (Wildman–Crippen MR) is 55.8 cm³/mol. The standard InChI is InChI=1S/C11H22NO2/c1-9(2)11(13)14-10-5-7-12(3,4)8-6-10/h9-10H,5-8H2,1-4H3/q+1. The third-order valence-corrected chi connectivity index (χ3v) is 2.87. The van der Waals surface area contributed by atoms with Gasteiger partial charge in [-0.3, -0.25) is 4.79 Å². The van der Waals surface area contributed by atoms with Crippen LogP contribution in [0.15, 0.2) is 0 Å².